The Labute approximate surface area is 95.8 Å². The monoisotopic (exact) mass is 238 g/mol. The van der Waals surface area contributed by atoms with Gasteiger partial charge in [0, 0.05) is 6.07 Å². The van der Waals surface area contributed by atoms with Crippen molar-refractivity contribution < 1.29 is 24.4 Å². The lowest BCUT2D eigenvalue weighted by molar-refractivity contribution is -0.385. The molecular weight excluding hydrogens is 230 g/mol. The van der Waals surface area contributed by atoms with E-state index in [2.05, 4.69) is 4.74 Å². The van der Waals surface area contributed by atoms with Crippen LogP contribution in [0, 0.1) is 10.1 Å². The predicted molar refractivity (Wildman–Crippen MR) is 52.5 cm³/mol. The van der Waals surface area contributed by atoms with Crippen LogP contribution in [0.1, 0.15) is 12.0 Å². The van der Waals surface area contributed by atoms with Crippen LogP contribution in [0.2, 0.25) is 0 Å². The zero-order valence-electron chi connectivity index (χ0n) is 8.62. The van der Waals surface area contributed by atoms with Gasteiger partial charge in [0.25, 0.3) is 5.69 Å². The average molecular weight is 238 g/mol. The summed E-state index contributed by atoms with van der Waals surface area (Å²) in [6.07, 6.45) is -0.874. The number of carboxylic acid groups (broad SMARTS) is 1. The van der Waals surface area contributed by atoms with E-state index in [0.29, 0.717) is 0 Å². The number of aliphatic carboxylic acids is 1. The van der Waals surface area contributed by atoms with Gasteiger partial charge in [-0.25, -0.2) is 0 Å². The Morgan fingerprint density at radius 1 is 1.29 bits per heavy atom. The number of carbonyl (C=O) groups excluding carboxylic acids is 2. The molecule has 7 heteroatoms. The number of rotatable bonds is 5. The molecule has 1 aromatic carbocycles. The minimum absolute atomic E-state index is 0.186. The topological polar surface area (TPSA) is 110 Å². The third-order valence-electron chi connectivity index (χ3n) is 1.87. The summed E-state index contributed by atoms with van der Waals surface area (Å²) in [5, 5.41) is 20.7. The summed E-state index contributed by atoms with van der Waals surface area (Å²) in [4.78, 5) is 31.0. The maximum absolute atomic E-state index is 10.9. The highest BCUT2D eigenvalue weighted by molar-refractivity contribution is 5.89. The molecule has 90 valence electrons. The first-order chi connectivity index (χ1) is 8.00. The molecule has 0 amide bonds. The first-order valence-electron chi connectivity index (χ1n) is 4.58. The number of hydrogen-bond acceptors (Lipinski definition) is 6. The second-order valence-corrected chi connectivity index (χ2v) is 3.10. The number of para-hydroxylation sites is 1. The number of nitrogens with zero attached hydrogens (tertiary/aromatic N) is 1. The van der Waals surface area contributed by atoms with E-state index in [9.17, 15) is 24.8 Å². The summed E-state index contributed by atoms with van der Waals surface area (Å²) < 4.78 is 4.57. The van der Waals surface area contributed by atoms with Crippen LogP contribution in [0.25, 0.3) is 0 Å². The van der Waals surface area contributed by atoms with Gasteiger partial charge in [0.2, 0.25) is 0 Å². The van der Waals surface area contributed by atoms with Crippen molar-refractivity contribution in [1.29, 1.82) is 0 Å². The predicted octanol–water partition coefficient (Wildman–Crippen LogP) is -0.222. The second kappa shape index (κ2) is 5.59. The van der Waals surface area contributed by atoms with Crippen LogP contribution in [-0.4, -0.2) is 16.9 Å². The van der Waals surface area contributed by atoms with Crippen LogP contribution in [0.3, 0.4) is 0 Å². The number of esters is 1. The van der Waals surface area contributed by atoms with E-state index in [1.165, 1.54) is 18.2 Å². The molecule has 0 aliphatic rings. The van der Waals surface area contributed by atoms with Gasteiger partial charge in [0.1, 0.15) is 6.61 Å². The van der Waals surface area contributed by atoms with E-state index in [4.69, 9.17) is 0 Å². The van der Waals surface area contributed by atoms with Crippen molar-refractivity contribution in [3.8, 4) is 0 Å². The molecule has 0 heterocycles. The van der Waals surface area contributed by atoms with E-state index < -0.39 is 23.3 Å². The summed E-state index contributed by atoms with van der Waals surface area (Å²) >= 11 is 0. The van der Waals surface area contributed by atoms with Crippen LogP contribution < -0.4 is 5.11 Å². The first kappa shape index (κ1) is 12.6. The van der Waals surface area contributed by atoms with E-state index >= 15 is 0 Å². The molecule has 0 aromatic heterocycles. The lowest BCUT2D eigenvalue weighted by atomic mass is 10.2. The SMILES string of the molecule is O=C([O-])CC(=O)OCc1ccccc1[N+](=O)[O-]. The number of carboxylic acids is 1. The van der Waals surface area contributed by atoms with Crippen LogP contribution in [0.5, 0.6) is 0 Å². The van der Waals surface area contributed by atoms with Crippen molar-refractivity contribution in [2.45, 2.75) is 13.0 Å². The Kier molecular flexibility index (Phi) is 4.15. The van der Waals surface area contributed by atoms with Gasteiger partial charge in [-0.1, -0.05) is 12.1 Å². The number of hydrogen-bond donors (Lipinski definition) is 0. The molecule has 7 nitrogen and oxygen atoms in total. The normalized spacial score (nSPS) is 9.65. The molecule has 0 radical (unpaired) electrons. The second-order valence-electron chi connectivity index (χ2n) is 3.10. The highest BCUT2D eigenvalue weighted by atomic mass is 16.6. The zero-order chi connectivity index (χ0) is 12.8. The lowest BCUT2D eigenvalue weighted by Gasteiger charge is -2.05. The maximum atomic E-state index is 10.9. The molecule has 17 heavy (non-hydrogen) atoms. The van der Waals surface area contributed by atoms with Gasteiger partial charge in [0.15, 0.2) is 0 Å². The van der Waals surface area contributed by atoms with Crippen molar-refractivity contribution in [3.63, 3.8) is 0 Å². The van der Waals surface area contributed by atoms with Crippen LogP contribution >= 0.6 is 0 Å². The molecule has 1 aromatic rings. The smallest absolute Gasteiger partial charge is 0.311 e. The molecule has 1 rings (SSSR count). The molecule has 0 aliphatic carbocycles. The Balaban J connectivity index is 2.66. The maximum Gasteiger partial charge on any atom is 0.311 e. The van der Waals surface area contributed by atoms with Crippen molar-refractivity contribution in [3.05, 3.63) is 39.9 Å². The summed E-state index contributed by atoms with van der Waals surface area (Å²) in [7, 11) is 0. The van der Waals surface area contributed by atoms with Crippen molar-refractivity contribution >= 4 is 17.6 Å². The molecule has 0 atom stereocenters. The molecule has 0 fully saturated rings. The van der Waals surface area contributed by atoms with Crippen molar-refractivity contribution in [1.82, 2.24) is 0 Å². The number of carbonyl (C=O) groups is 2. The Morgan fingerprint density at radius 3 is 2.53 bits per heavy atom. The molecule has 0 N–H and O–H groups in total. The third-order valence-corrected chi connectivity index (χ3v) is 1.87. The summed E-state index contributed by atoms with van der Waals surface area (Å²) in [5.41, 5.74) is 0.0120. The van der Waals surface area contributed by atoms with Crippen LogP contribution in [-0.2, 0) is 20.9 Å². The zero-order valence-corrected chi connectivity index (χ0v) is 8.62. The Hall–Kier alpha value is -2.44. The highest BCUT2D eigenvalue weighted by Crippen LogP contribution is 2.18. The van der Waals surface area contributed by atoms with Crippen molar-refractivity contribution in [2.75, 3.05) is 0 Å². The fraction of sp³-hybridized carbons (Fsp3) is 0.200. The summed E-state index contributed by atoms with van der Waals surface area (Å²) in [6.45, 7) is -0.344. The van der Waals surface area contributed by atoms with E-state index in [1.807, 2.05) is 0 Å². The average Bonchev–Trinajstić information content (AvgIpc) is 2.25. The molecule has 0 spiro atoms. The van der Waals surface area contributed by atoms with Gasteiger partial charge in [-0.15, -0.1) is 0 Å². The highest BCUT2D eigenvalue weighted by Gasteiger charge is 2.13. The Morgan fingerprint density at radius 2 is 1.94 bits per heavy atom. The van der Waals surface area contributed by atoms with E-state index in [1.54, 1.807) is 6.07 Å². The third kappa shape index (κ3) is 3.90. The molecule has 0 saturated carbocycles. The van der Waals surface area contributed by atoms with Gasteiger partial charge in [-0.05, 0) is 6.07 Å². The van der Waals surface area contributed by atoms with E-state index in [-0.39, 0.29) is 17.9 Å². The van der Waals surface area contributed by atoms with Gasteiger partial charge < -0.3 is 14.6 Å². The first-order valence-corrected chi connectivity index (χ1v) is 4.58. The summed E-state index contributed by atoms with van der Waals surface area (Å²) in [6, 6.07) is 5.71. The fourth-order valence-corrected chi connectivity index (χ4v) is 1.14. The van der Waals surface area contributed by atoms with Crippen molar-refractivity contribution in [2.24, 2.45) is 0 Å². The fourth-order valence-electron chi connectivity index (χ4n) is 1.14. The van der Waals surface area contributed by atoms with Gasteiger partial charge in [-0.2, -0.15) is 0 Å². The quantitative estimate of drug-likeness (QED) is 0.303. The minimum atomic E-state index is -1.56. The standard InChI is InChI=1S/C10H9NO6/c12-9(13)5-10(14)17-6-7-3-1-2-4-8(7)11(15)16/h1-4H,5-6H2,(H,12,13)/p-1. The minimum Gasteiger partial charge on any atom is -0.550 e. The van der Waals surface area contributed by atoms with Crippen LogP contribution in [0.15, 0.2) is 24.3 Å². The van der Waals surface area contributed by atoms with Crippen LogP contribution in [0.4, 0.5) is 5.69 Å². The molecule has 0 saturated heterocycles. The largest absolute Gasteiger partial charge is 0.550 e. The molecule has 0 bridgehead atoms. The van der Waals surface area contributed by atoms with Gasteiger partial charge in [-0.3, -0.25) is 14.9 Å². The number of benzene rings is 1. The number of nitro benzene ring substituents is 1. The van der Waals surface area contributed by atoms with Gasteiger partial charge >= 0.3 is 5.97 Å². The lowest BCUT2D eigenvalue weighted by Crippen LogP contribution is -2.26. The molecular formula is C10H8NO6-. The molecule has 0 aliphatic heterocycles. The van der Waals surface area contributed by atoms with E-state index in [0.717, 1.165) is 0 Å². The molecule has 0 unspecified atom stereocenters. The summed E-state index contributed by atoms with van der Waals surface area (Å²) in [5.74, 6) is -2.55. The Bertz CT molecular complexity index is 456. The number of ether oxygens (including phenoxy) is 1. The van der Waals surface area contributed by atoms with Gasteiger partial charge in [0.05, 0.1) is 22.9 Å². The number of nitro groups is 1.